The van der Waals surface area contributed by atoms with E-state index in [0.29, 0.717) is 19.6 Å². The molecule has 1 aliphatic heterocycles. The lowest BCUT2D eigenvalue weighted by atomic mass is 10.1. The molecule has 2 amide bonds. The fraction of sp³-hybridized carbons (Fsp3) is 0.440. The van der Waals surface area contributed by atoms with E-state index in [1.165, 1.54) is 6.42 Å². The van der Waals surface area contributed by atoms with E-state index in [9.17, 15) is 9.59 Å². The van der Waals surface area contributed by atoms with Gasteiger partial charge in [-0.2, -0.15) is 0 Å². The molecule has 2 N–H and O–H groups in total. The number of rotatable bonds is 7. The number of piperidine rings is 1. The van der Waals surface area contributed by atoms with Crippen molar-refractivity contribution in [3.8, 4) is 5.75 Å². The van der Waals surface area contributed by atoms with Gasteiger partial charge in [-0.1, -0.05) is 12.1 Å². The Hall–Kier alpha value is -3.42. The minimum Gasteiger partial charge on any atom is -0.497 e. The molecule has 1 aliphatic rings. The average Bonchev–Trinajstić information content (AvgIpc) is 3.12. The van der Waals surface area contributed by atoms with Gasteiger partial charge in [0.25, 0.3) is 0 Å². The lowest BCUT2D eigenvalue weighted by molar-refractivity contribution is 0.251. The first kappa shape index (κ1) is 22.8. The zero-order valence-corrected chi connectivity index (χ0v) is 19.7. The molecular formula is C25H33N5O3. The van der Waals surface area contributed by atoms with Crippen LogP contribution in [0.15, 0.2) is 41.2 Å². The Balaban J connectivity index is 1.63. The van der Waals surface area contributed by atoms with Crippen LogP contribution in [0.4, 0.5) is 16.2 Å². The van der Waals surface area contributed by atoms with Crippen molar-refractivity contribution in [3.63, 3.8) is 0 Å². The number of hydrogen-bond donors (Lipinski definition) is 2. The Bertz CT molecular complexity index is 1170. The van der Waals surface area contributed by atoms with Gasteiger partial charge in [0, 0.05) is 32.7 Å². The molecule has 0 bridgehead atoms. The highest BCUT2D eigenvalue weighted by atomic mass is 16.5. The van der Waals surface area contributed by atoms with Crippen LogP contribution in [-0.4, -0.2) is 35.4 Å². The maximum atomic E-state index is 12.9. The van der Waals surface area contributed by atoms with Crippen molar-refractivity contribution in [2.24, 2.45) is 0 Å². The second kappa shape index (κ2) is 10.0. The fourth-order valence-corrected chi connectivity index (χ4v) is 4.55. The maximum absolute atomic E-state index is 12.9. The molecule has 3 aromatic rings. The van der Waals surface area contributed by atoms with Crippen molar-refractivity contribution in [1.29, 1.82) is 0 Å². The van der Waals surface area contributed by atoms with Crippen molar-refractivity contribution in [2.45, 2.75) is 52.7 Å². The van der Waals surface area contributed by atoms with Gasteiger partial charge in [0.05, 0.1) is 29.5 Å². The molecule has 1 fully saturated rings. The number of anilines is 2. The van der Waals surface area contributed by atoms with E-state index < -0.39 is 0 Å². The Morgan fingerprint density at radius 3 is 2.21 bits per heavy atom. The number of carbonyl (C=O) groups excluding carboxylic acids is 1. The third-order valence-electron chi connectivity index (χ3n) is 6.33. The SMILES string of the molecule is CCn1c(=O)n(CC)c2cc(N3CCCCC3)c(NC(=O)NCc3ccc(OC)cc3)cc21. The lowest BCUT2D eigenvalue weighted by Gasteiger charge is -2.31. The summed E-state index contributed by atoms with van der Waals surface area (Å²) in [6.07, 6.45) is 3.46. The number of nitrogens with one attached hydrogen (secondary N) is 2. The number of imidazole rings is 1. The highest BCUT2D eigenvalue weighted by Gasteiger charge is 2.20. The third-order valence-corrected chi connectivity index (χ3v) is 6.33. The van der Waals surface area contributed by atoms with Crippen LogP contribution in [0.2, 0.25) is 0 Å². The number of benzene rings is 2. The van der Waals surface area contributed by atoms with Crippen LogP contribution in [0.25, 0.3) is 11.0 Å². The minimum atomic E-state index is -0.274. The van der Waals surface area contributed by atoms with Crippen LogP contribution in [0.5, 0.6) is 5.75 Å². The quantitative estimate of drug-likeness (QED) is 0.565. The highest BCUT2D eigenvalue weighted by molar-refractivity contribution is 5.98. The van der Waals surface area contributed by atoms with Crippen molar-refractivity contribution in [1.82, 2.24) is 14.5 Å². The smallest absolute Gasteiger partial charge is 0.329 e. The summed E-state index contributed by atoms with van der Waals surface area (Å²) >= 11 is 0. The molecule has 2 aromatic carbocycles. The number of urea groups is 1. The normalized spacial score (nSPS) is 13.8. The van der Waals surface area contributed by atoms with Crippen molar-refractivity contribution in [2.75, 3.05) is 30.4 Å². The van der Waals surface area contributed by atoms with Crippen molar-refractivity contribution in [3.05, 3.63) is 52.4 Å². The molecule has 4 rings (SSSR count). The second-order valence-electron chi connectivity index (χ2n) is 8.33. The molecule has 8 heteroatoms. The first-order valence-electron chi connectivity index (χ1n) is 11.8. The summed E-state index contributed by atoms with van der Waals surface area (Å²) in [5.74, 6) is 0.781. The molecule has 176 valence electrons. The molecule has 0 atom stereocenters. The maximum Gasteiger partial charge on any atom is 0.329 e. The zero-order valence-electron chi connectivity index (χ0n) is 19.7. The van der Waals surface area contributed by atoms with Crippen LogP contribution in [0, 0.1) is 0 Å². The zero-order chi connectivity index (χ0) is 23.4. The summed E-state index contributed by atoms with van der Waals surface area (Å²) in [4.78, 5) is 28.0. The summed E-state index contributed by atoms with van der Waals surface area (Å²) in [6, 6.07) is 11.3. The first-order chi connectivity index (χ1) is 16.0. The molecule has 0 saturated carbocycles. The third kappa shape index (κ3) is 4.69. The van der Waals surface area contributed by atoms with E-state index in [1.54, 1.807) is 16.2 Å². The van der Waals surface area contributed by atoms with Gasteiger partial charge >= 0.3 is 11.7 Å². The summed E-state index contributed by atoms with van der Waals surface area (Å²) in [5, 5.41) is 5.99. The van der Waals surface area contributed by atoms with Gasteiger partial charge in [-0.3, -0.25) is 9.13 Å². The molecule has 0 radical (unpaired) electrons. The summed E-state index contributed by atoms with van der Waals surface area (Å²) in [5.41, 5.74) is 4.42. The number of amides is 2. The van der Waals surface area contributed by atoms with Gasteiger partial charge in [-0.15, -0.1) is 0 Å². The predicted octanol–water partition coefficient (Wildman–Crippen LogP) is 4.16. The van der Waals surface area contributed by atoms with Crippen LogP contribution in [-0.2, 0) is 19.6 Å². The molecular weight excluding hydrogens is 418 g/mol. The van der Waals surface area contributed by atoms with E-state index in [-0.39, 0.29) is 11.7 Å². The minimum absolute atomic E-state index is 0.0132. The molecule has 2 heterocycles. The second-order valence-corrected chi connectivity index (χ2v) is 8.33. The van der Waals surface area contributed by atoms with Gasteiger partial charge in [0.15, 0.2) is 0 Å². The molecule has 0 spiro atoms. The largest absolute Gasteiger partial charge is 0.497 e. The lowest BCUT2D eigenvalue weighted by Crippen LogP contribution is -2.32. The molecule has 1 saturated heterocycles. The predicted molar refractivity (Wildman–Crippen MR) is 132 cm³/mol. The van der Waals surface area contributed by atoms with Crippen molar-refractivity contribution < 1.29 is 9.53 Å². The number of aromatic nitrogens is 2. The number of methoxy groups -OCH3 is 1. The number of ether oxygens (including phenoxy) is 1. The summed E-state index contributed by atoms with van der Waals surface area (Å²) in [7, 11) is 1.63. The fourth-order valence-electron chi connectivity index (χ4n) is 4.55. The van der Waals surface area contributed by atoms with Crippen LogP contribution in [0.1, 0.15) is 38.7 Å². The Kier molecular flexibility index (Phi) is 6.91. The molecule has 1 aromatic heterocycles. The van der Waals surface area contributed by atoms with Gasteiger partial charge in [0.1, 0.15) is 5.75 Å². The number of hydrogen-bond acceptors (Lipinski definition) is 4. The van der Waals surface area contributed by atoms with Gasteiger partial charge in [0.2, 0.25) is 0 Å². The summed E-state index contributed by atoms with van der Waals surface area (Å²) < 4.78 is 8.75. The molecule has 0 aliphatic carbocycles. The van der Waals surface area contributed by atoms with Crippen LogP contribution < -0.4 is 26.0 Å². The highest BCUT2D eigenvalue weighted by Crippen LogP contribution is 2.33. The number of carbonyl (C=O) groups is 1. The number of nitrogens with zero attached hydrogens (tertiary/aromatic N) is 3. The Morgan fingerprint density at radius 2 is 1.61 bits per heavy atom. The van der Waals surface area contributed by atoms with E-state index in [4.69, 9.17) is 4.74 Å². The van der Waals surface area contributed by atoms with E-state index in [0.717, 1.165) is 59.7 Å². The summed E-state index contributed by atoms with van der Waals surface area (Å²) in [6.45, 7) is 7.43. The van der Waals surface area contributed by atoms with Gasteiger partial charge in [-0.25, -0.2) is 9.59 Å². The average molecular weight is 452 g/mol. The van der Waals surface area contributed by atoms with Gasteiger partial charge in [-0.05, 0) is 62.9 Å². The van der Waals surface area contributed by atoms with E-state index in [1.807, 2.05) is 44.2 Å². The number of fused-ring (bicyclic) bond motifs is 1. The standard InChI is InChI=1S/C25H33N5O3/c1-4-29-22-15-20(27-24(31)26-17-18-9-11-19(33-3)12-10-18)21(28-13-7-6-8-14-28)16-23(22)30(5-2)25(29)32/h9-12,15-16H,4-8,13-14,17H2,1-3H3,(H2,26,27,31). The monoisotopic (exact) mass is 451 g/mol. The molecule has 33 heavy (non-hydrogen) atoms. The molecule has 8 nitrogen and oxygen atoms in total. The van der Waals surface area contributed by atoms with Crippen LogP contribution in [0.3, 0.4) is 0 Å². The van der Waals surface area contributed by atoms with Crippen molar-refractivity contribution >= 4 is 28.4 Å². The van der Waals surface area contributed by atoms with Gasteiger partial charge < -0.3 is 20.3 Å². The topological polar surface area (TPSA) is 80.5 Å². The Labute approximate surface area is 194 Å². The van der Waals surface area contributed by atoms with E-state index >= 15 is 0 Å². The van der Waals surface area contributed by atoms with Crippen LogP contribution >= 0.6 is 0 Å². The first-order valence-corrected chi connectivity index (χ1v) is 11.8. The molecule has 0 unspecified atom stereocenters. The number of aryl methyl sites for hydroxylation is 2. The Morgan fingerprint density at radius 1 is 0.970 bits per heavy atom. The van der Waals surface area contributed by atoms with E-state index in [2.05, 4.69) is 21.6 Å².